The van der Waals surface area contributed by atoms with Crippen LogP contribution in [0.2, 0.25) is 0 Å². The molecule has 7 nitrogen and oxygen atoms in total. The Morgan fingerprint density at radius 1 is 1.32 bits per heavy atom. The van der Waals surface area contributed by atoms with Crippen LogP contribution in [0.4, 0.5) is 4.79 Å². The van der Waals surface area contributed by atoms with Crippen LogP contribution in [-0.4, -0.2) is 58.7 Å². The van der Waals surface area contributed by atoms with E-state index in [1.165, 1.54) is 9.80 Å². The van der Waals surface area contributed by atoms with Gasteiger partial charge in [0.05, 0.1) is 12.3 Å². The highest BCUT2D eigenvalue weighted by atomic mass is 16.3. The lowest BCUT2D eigenvalue weighted by Crippen LogP contribution is -2.49. The second kappa shape index (κ2) is 6.54. The molecule has 2 fully saturated rings. The van der Waals surface area contributed by atoms with E-state index >= 15 is 0 Å². The van der Waals surface area contributed by atoms with Gasteiger partial charge in [-0.3, -0.25) is 14.5 Å². The van der Waals surface area contributed by atoms with Crippen molar-refractivity contribution in [3.8, 4) is 0 Å². The molecule has 4 amide bonds. The first-order chi connectivity index (χ1) is 11.9. The summed E-state index contributed by atoms with van der Waals surface area (Å²) in [5, 5.41) is 0. The molecule has 0 radical (unpaired) electrons. The van der Waals surface area contributed by atoms with Gasteiger partial charge in [-0.15, -0.1) is 0 Å². The number of hydrogen-bond acceptors (Lipinski definition) is 4. The Balaban J connectivity index is 1.72. The Morgan fingerprint density at radius 3 is 2.60 bits per heavy atom. The Morgan fingerprint density at radius 2 is 2.00 bits per heavy atom. The molecule has 1 unspecified atom stereocenters. The molecular weight excluding hydrogens is 322 g/mol. The summed E-state index contributed by atoms with van der Waals surface area (Å²) in [5.74, 6) is 0.148. The number of furan rings is 1. The molecule has 1 aliphatic carbocycles. The standard InChI is InChI=1S/C18H25N3O4/c1-13(14-8-7-11-25-14)19(2)15(22)12-21-16(23)18(20(3)17(21)24)9-5-4-6-10-18/h7-8,11,13H,4-6,9-10,12H2,1-3H3. The lowest BCUT2D eigenvalue weighted by molar-refractivity contribution is -0.140. The van der Waals surface area contributed by atoms with E-state index in [4.69, 9.17) is 4.42 Å². The van der Waals surface area contributed by atoms with E-state index < -0.39 is 5.54 Å². The smallest absolute Gasteiger partial charge is 0.327 e. The van der Waals surface area contributed by atoms with Crippen molar-refractivity contribution in [2.24, 2.45) is 0 Å². The lowest BCUT2D eigenvalue weighted by atomic mass is 9.81. The monoisotopic (exact) mass is 347 g/mol. The first-order valence-electron chi connectivity index (χ1n) is 8.77. The number of carbonyl (C=O) groups is 3. The van der Waals surface area contributed by atoms with Crippen molar-refractivity contribution in [1.29, 1.82) is 0 Å². The van der Waals surface area contributed by atoms with Crippen molar-refractivity contribution in [3.05, 3.63) is 24.2 Å². The third-order valence-electron chi connectivity index (χ3n) is 5.71. The fourth-order valence-electron chi connectivity index (χ4n) is 3.85. The zero-order chi connectivity index (χ0) is 18.2. The fraction of sp³-hybridized carbons (Fsp3) is 0.611. The van der Waals surface area contributed by atoms with E-state index in [9.17, 15) is 14.4 Å². The normalized spacial score (nSPS) is 21.1. The Bertz CT molecular complexity index is 664. The molecular formula is C18H25N3O4. The van der Waals surface area contributed by atoms with Crippen LogP contribution in [0, 0.1) is 0 Å². The molecule has 25 heavy (non-hydrogen) atoms. The van der Waals surface area contributed by atoms with E-state index in [2.05, 4.69) is 0 Å². The topological polar surface area (TPSA) is 74.1 Å². The van der Waals surface area contributed by atoms with Crippen LogP contribution >= 0.6 is 0 Å². The number of nitrogens with zero attached hydrogens (tertiary/aromatic N) is 3. The summed E-state index contributed by atoms with van der Waals surface area (Å²) in [6, 6.07) is 2.92. The van der Waals surface area contributed by atoms with Gasteiger partial charge in [0.2, 0.25) is 5.91 Å². The highest BCUT2D eigenvalue weighted by molar-refractivity contribution is 6.08. The Hall–Kier alpha value is -2.31. The van der Waals surface area contributed by atoms with E-state index in [0.29, 0.717) is 18.6 Å². The summed E-state index contributed by atoms with van der Waals surface area (Å²) < 4.78 is 5.34. The molecule has 2 aliphatic rings. The number of amides is 4. The highest BCUT2D eigenvalue weighted by Crippen LogP contribution is 2.39. The molecule has 1 saturated heterocycles. The SMILES string of the molecule is CC(c1ccco1)N(C)C(=O)CN1C(=O)N(C)C2(CCCCC2)C1=O. The molecule has 0 N–H and O–H groups in total. The molecule has 1 atom stereocenters. The number of imide groups is 1. The summed E-state index contributed by atoms with van der Waals surface area (Å²) in [4.78, 5) is 42.3. The lowest BCUT2D eigenvalue weighted by Gasteiger charge is -2.35. The third-order valence-corrected chi connectivity index (χ3v) is 5.71. The summed E-state index contributed by atoms with van der Waals surface area (Å²) >= 11 is 0. The van der Waals surface area contributed by atoms with Crippen molar-refractivity contribution in [1.82, 2.24) is 14.7 Å². The van der Waals surface area contributed by atoms with Gasteiger partial charge < -0.3 is 14.2 Å². The van der Waals surface area contributed by atoms with Gasteiger partial charge >= 0.3 is 6.03 Å². The Kier molecular flexibility index (Phi) is 4.58. The largest absolute Gasteiger partial charge is 0.467 e. The quantitative estimate of drug-likeness (QED) is 0.784. The van der Waals surface area contributed by atoms with Gasteiger partial charge in [-0.1, -0.05) is 19.3 Å². The number of carbonyl (C=O) groups excluding carboxylic acids is 3. The van der Waals surface area contributed by atoms with Crippen molar-refractivity contribution in [2.75, 3.05) is 20.6 Å². The minimum atomic E-state index is -0.749. The van der Waals surface area contributed by atoms with E-state index in [-0.39, 0.29) is 30.4 Å². The van der Waals surface area contributed by atoms with Crippen molar-refractivity contribution in [3.63, 3.8) is 0 Å². The molecule has 1 saturated carbocycles. The maximum atomic E-state index is 12.9. The van der Waals surface area contributed by atoms with Gasteiger partial charge in [0, 0.05) is 14.1 Å². The van der Waals surface area contributed by atoms with Gasteiger partial charge in [-0.05, 0) is 31.9 Å². The highest BCUT2D eigenvalue weighted by Gasteiger charge is 2.56. The van der Waals surface area contributed by atoms with Gasteiger partial charge in [0.1, 0.15) is 17.8 Å². The van der Waals surface area contributed by atoms with Gasteiger partial charge in [-0.2, -0.15) is 0 Å². The first kappa shape index (κ1) is 17.5. The van der Waals surface area contributed by atoms with Crippen LogP contribution in [0.1, 0.15) is 50.8 Å². The van der Waals surface area contributed by atoms with Gasteiger partial charge in [0.15, 0.2) is 0 Å². The predicted molar refractivity (Wildman–Crippen MR) is 90.6 cm³/mol. The van der Waals surface area contributed by atoms with Crippen LogP contribution in [0.5, 0.6) is 0 Å². The molecule has 7 heteroatoms. The number of hydrogen-bond donors (Lipinski definition) is 0. The molecule has 1 aromatic heterocycles. The third kappa shape index (κ3) is 2.81. The zero-order valence-corrected chi connectivity index (χ0v) is 15.0. The molecule has 136 valence electrons. The van der Waals surface area contributed by atoms with Gasteiger partial charge in [-0.25, -0.2) is 4.79 Å². The van der Waals surface area contributed by atoms with Crippen LogP contribution < -0.4 is 0 Å². The molecule has 2 heterocycles. The predicted octanol–water partition coefficient (Wildman–Crippen LogP) is 2.40. The number of rotatable bonds is 4. The summed E-state index contributed by atoms with van der Waals surface area (Å²) in [7, 11) is 3.33. The average Bonchev–Trinajstić information content (AvgIpc) is 3.22. The second-order valence-electron chi connectivity index (χ2n) is 7.02. The van der Waals surface area contributed by atoms with Crippen LogP contribution in [-0.2, 0) is 9.59 Å². The van der Waals surface area contributed by atoms with Crippen LogP contribution in [0.3, 0.4) is 0 Å². The number of urea groups is 1. The molecule has 1 spiro atoms. The minimum Gasteiger partial charge on any atom is -0.467 e. The summed E-state index contributed by atoms with van der Waals surface area (Å²) in [6.45, 7) is 1.62. The van der Waals surface area contributed by atoms with Crippen molar-refractivity contribution >= 4 is 17.8 Å². The Labute approximate surface area is 147 Å². The summed E-state index contributed by atoms with van der Waals surface area (Å²) in [6.07, 6.45) is 5.86. The van der Waals surface area contributed by atoms with Crippen LogP contribution in [0.15, 0.2) is 22.8 Å². The molecule has 0 aromatic carbocycles. The molecule has 0 bridgehead atoms. The minimum absolute atomic E-state index is 0.230. The first-order valence-corrected chi connectivity index (χ1v) is 8.77. The number of likely N-dealkylation sites (N-methyl/N-ethyl adjacent to an activating group) is 2. The second-order valence-corrected chi connectivity index (χ2v) is 7.02. The van der Waals surface area contributed by atoms with Crippen LogP contribution in [0.25, 0.3) is 0 Å². The van der Waals surface area contributed by atoms with E-state index in [1.54, 1.807) is 32.5 Å². The summed E-state index contributed by atoms with van der Waals surface area (Å²) in [5.41, 5.74) is -0.749. The average molecular weight is 347 g/mol. The van der Waals surface area contributed by atoms with Crippen molar-refractivity contribution in [2.45, 2.75) is 50.6 Å². The fourth-order valence-corrected chi connectivity index (χ4v) is 3.85. The maximum absolute atomic E-state index is 12.9. The van der Waals surface area contributed by atoms with Gasteiger partial charge in [0.25, 0.3) is 5.91 Å². The van der Waals surface area contributed by atoms with E-state index in [0.717, 1.165) is 24.2 Å². The molecule has 3 rings (SSSR count). The van der Waals surface area contributed by atoms with E-state index in [1.807, 2.05) is 6.92 Å². The van der Waals surface area contributed by atoms with Crippen molar-refractivity contribution < 1.29 is 18.8 Å². The molecule has 1 aromatic rings. The zero-order valence-electron chi connectivity index (χ0n) is 15.0. The molecule has 1 aliphatic heterocycles. The maximum Gasteiger partial charge on any atom is 0.327 e.